The standard InChI is InChI=1S/C19H15ClN2OS/c20-16-13-21-12-11-17(16)22-19(23)18(14-7-3-1-4-8-14)24-15-9-5-2-6-10-15/h1-13,18H,(H,21,22,23)/t18-/m1/s1. The summed E-state index contributed by atoms with van der Waals surface area (Å²) in [7, 11) is 0. The van der Waals surface area contributed by atoms with E-state index in [2.05, 4.69) is 10.3 Å². The Bertz CT molecular complexity index is 812. The van der Waals surface area contributed by atoms with Crippen LogP contribution in [0.2, 0.25) is 5.02 Å². The smallest absolute Gasteiger partial charge is 0.242 e. The van der Waals surface area contributed by atoms with Gasteiger partial charge < -0.3 is 5.32 Å². The van der Waals surface area contributed by atoms with E-state index in [0.717, 1.165) is 10.5 Å². The fourth-order valence-corrected chi connectivity index (χ4v) is 3.42. The molecule has 0 unspecified atom stereocenters. The van der Waals surface area contributed by atoms with E-state index in [1.165, 1.54) is 18.0 Å². The van der Waals surface area contributed by atoms with E-state index in [1.54, 1.807) is 12.3 Å². The molecule has 5 heteroatoms. The van der Waals surface area contributed by atoms with Crippen molar-refractivity contribution in [1.29, 1.82) is 0 Å². The van der Waals surface area contributed by atoms with Gasteiger partial charge in [0.25, 0.3) is 0 Å². The van der Waals surface area contributed by atoms with Crippen molar-refractivity contribution in [3.05, 3.63) is 89.7 Å². The van der Waals surface area contributed by atoms with E-state index in [1.807, 2.05) is 60.7 Å². The number of thioether (sulfide) groups is 1. The summed E-state index contributed by atoms with van der Waals surface area (Å²) in [6.07, 6.45) is 3.11. The molecule has 0 aliphatic heterocycles. The first-order valence-corrected chi connectivity index (χ1v) is 8.67. The zero-order chi connectivity index (χ0) is 16.8. The van der Waals surface area contributed by atoms with Gasteiger partial charge in [-0.15, -0.1) is 11.8 Å². The maximum Gasteiger partial charge on any atom is 0.242 e. The van der Waals surface area contributed by atoms with Gasteiger partial charge in [-0.05, 0) is 23.8 Å². The zero-order valence-electron chi connectivity index (χ0n) is 12.7. The predicted molar refractivity (Wildman–Crippen MR) is 99.4 cm³/mol. The summed E-state index contributed by atoms with van der Waals surface area (Å²) in [4.78, 5) is 17.8. The molecule has 1 heterocycles. The lowest BCUT2D eigenvalue weighted by Crippen LogP contribution is -2.19. The molecule has 120 valence electrons. The van der Waals surface area contributed by atoms with Gasteiger partial charge in [0.05, 0.1) is 10.7 Å². The van der Waals surface area contributed by atoms with E-state index in [-0.39, 0.29) is 11.2 Å². The Hall–Kier alpha value is -2.30. The fraction of sp³-hybridized carbons (Fsp3) is 0.0526. The van der Waals surface area contributed by atoms with E-state index in [0.29, 0.717) is 10.7 Å². The summed E-state index contributed by atoms with van der Waals surface area (Å²) in [6.45, 7) is 0. The topological polar surface area (TPSA) is 42.0 Å². The summed E-state index contributed by atoms with van der Waals surface area (Å²) in [5.41, 5.74) is 1.50. The lowest BCUT2D eigenvalue weighted by atomic mass is 10.1. The van der Waals surface area contributed by atoms with Crippen molar-refractivity contribution < 1.29 is 4.79 Å². The van der Waals surface area contributed by atoms with E-state index < -0.39 is 0 Å². The van der Waals surface area contributed by atoms with Gasteiger partial charge in [0.2, 0.25) is 5.91 Å². The monoisotopic (exact) mass is 354 g/mol. The molecule has 24 heavy (non-hydrogen) atoms. The summed E-state index contributed by atoms with van der Waals surface area (Å²) in [5.74, 6) is -0.122. The highest BCUT2D eigenvalue weighted by Crippen LogP contribution is 2.36. The van der Waals surface area contributed by atoms with Gasteiger partial charge in [-0.2, -0.15) is 0 Å². The third-order valence-corrected chi connectivity index (χ3v) is 4.94. The average molecular weight is 355 g/mol. The molecule has 0 spiro atoms. The Morgan fingerprint density at radius 2 is 1.67 bits per heavy atom. The Morgan fingerprint density at radius 3 is 2.33 bits per heavy atom. The number of nitrogens with zero attached hydrogens (tertiary/aromatic N) is 1. The number of benzene rings is 2. The Labute approximate surface area is 150 Å². The van der Waals surface area contributed by atoms with Crippen LogP contribution in [0.15, 0.2) is 84.0 Å². The van der Waals surface area contributed by atoms with Crippen LogP contribution in [0, 0.1) is 0 Å². The third-order valence-electron chi connectivity index (χ3n) is 3.37. The minimum atomic E-state index is -0.377. The molecule has 3 nitrogen and oxygen atoms in total. The van der Waals surface area contributed by atoms with Gasteiger partial charge in [-0.3, -0.25) is 9.78 Å². The molecule has 0 aliphatic carbocycles. The van der Waals surface area contributed by atoms with Crippen molar-refractivity contribution in [2.45, 2.75) is 10.1 Å². The third kappa shape index (κ3) is 4.16. The van der Waals surface area contributed by atoms with Crippen molar-refractivity contribution in [2.75, 3.05) is 5.32 Å². The number of halogens is 1. The second kappa shape index (κ2) is 7.99. The molecular weight excluding hydrogens is 340 g/mol. The Kier molecular flexibility index (Phi) is 5.51. The minimum absolute atomic E-state index is 0.122. The van der Waals surface area contributed by atoms with Crippen LogP contribution in [0.1, 0.15) is 10.8 Å². The number of carbonyl (C=O) groups is 1. The van der Waals surface area contributed by atoms with Gasteiger partial charge >= 0.3 is 0 Å². The normalized spacial score (nSPS) is 11.7. The van der Waals surface area contributed by atoms with Gasteiger partial charge in [-0.25, -0.2) is 0 Å². The quantitative estimate of drug-likeness (QED) is 0.640. The lowest BCUT2D eigenvalue weighted by Gasteiger charge is -2.17. The average Bonchev–Trinajstić information content (AvgIpc) is 2.63. The van der Waals surface area contributed by atoms with Crippen LogP contribution in [0.4, 0.5) is 5.69 Å². The van der Waals surface area contributed by atoms with Crippen LogP contribution in [-0.2, 0) is 4.79 Å². The molecule has 1 aromatic heterocycles. The largest absolute Gasteiger partial charge is 0.323 e. The van der Waals surface area contributed by atoms with E-state index in [4.69, 9.17) is 11.6 Å². The fourth-order valence-electron chi connectivity index (χ4n) is 2.21. The number of carbonyl (C=O) groups excluding carboxylic acids is 1. The van der Waals surface area contributed by atoms with E-state index in [9.17, 15) is 4.79 Å². The van der Waals surface area contributed by atoms with Crippen molar-refractivity contribution >= 4 is 35.0 Å². The van der Waals surface area contributed by atoms with Crippen molar-refractivity contribution in [1.82, 2.24) is 4.98 Å². The Balaban J connectivity index is 1.87. The molecule has 1 amide bonds. The van der Waals surface area contributed by atoms with Crippen LogP contribution < -0.4 is 5.32 Å². The number of pyridine rings is 1. The summed E-state index contributed by atoms with van der Waals surface area (Å²) < 4.78 is 0. The number of aromatic nitrogens is 1. The van der Waals surface area contributed by atoms with Crippen molar-refractivity contribution in [2.24, 2.45) is 0 Å². The number of nitrogens with one attached hydrogen (secondary N) is 1. The molecule has 1 N–H and O–H groups in total. The molecule has 0 saturated carbocycles. The van der Waals surface area contributed by atoms with Crippen LogP contribution in [0.3, 0.4) is 0 Å². The number of rotatable bonds is 5. The van der Waals surface area contributed by atoms with Crippen LogP contribution in [0.25, 0.3) is 0 Å². The highest BCUT2D eigenvalue weighted by molar-refractivity contribution is 8.00. The highest BCUT2D eigenvalue weighted by atomic mass is 35.5. The van der Waals surface area contributed by atoms with Crippen LogP contribution in [-0.4, -0.2) is 10.9 Å². The molecule has 0 aliphatic rings. The van der Waals surface area contributed by atoms with Gasteiger partial charge in [0.15, 0.2) is 0 Å². The number of anilines is 1. The predicted octanol–water partition coefficient (Wildman–Crippen LogP) is 5.21. The SMILES string of the molecule is O=C(Nc1ccncc1Cl)[C@H](Sc1ccccc1)c1ccccc1. The van der Waals surface area contributed by atoms with Crippen LogP contribution >= 0.6 is 23.4 Å². The molecule has 0 saturated heterocycles. The summed E-state index contributed by atoms with van der Waals surface area (Å²) in [6, 6.07) is 21.3. The van der Waals surface area contributed by atoms with Crippen LogP contribution in [0.5, 0.6) is 0 Å². The molecule has 3 rings (SSSR count). The van der Waals surface area contributed by atoms with Crippen molar-refractivity contribution in [3.63, 3.8) is 0 Å². The molecular formula is C19H15ClN2OS. The first kappa shape index (κ1) is 16.6. The number of amides is 1. The maximum atomic E-state index is 12.9. The molecule has 0 radical (unpaired) electrons. The highest BCUT2D eigenvalue weighted by Gasteiger charge is 2.22. The summed E-state index contributed by atoms with van der Waals surface area (Å²) in [5, 5.41) is 2.94. The second-order valence-corrected chi connectivity index (χ2v) is 6.65. The lowest BCUT2D eigenvalue weighted by molar-refractivity contribution is -0.115. The first-order valence-electron chi connectivity index (χ1n) is 7.41. The molecule has 3 aromatic rings. The molecule has 0 bridgehead atoms. The molecule has 2 aromatic carbocycles. The van der Waals surface area contributed by atoms with Gasteiger partial charge in [0.1, 0.15) is 5.25 Å². The summed E-state index contributed by atoms with van der Waals surface area (Å²) >= 11 is 7.60. The zero-order valence-corrected chi connectivity index (χ0v) is 14.3. The first-order chi connectivity index (χ1) is 11.7. The minimum Gasteiger partial charge on any atom is -0.323 e. The number of hydrogen-bond donors (Lipinski definition) is 1. The van der Waals surface area contributed by atoms with Gasteiger partial charge in [-0.1, -0.05) is 60.1 Å². The van der Waals surface area contributed by atoms with Crippen molar-refractivity contribution in [3.8, 4) is 0 Å². The second-order valence-electron chi connectivity index (χ2n) is 5.07. The molecule has 1 atom stereocenters. The molecule has 0 fully saturated rings. The van der Waals surface area contributed by atoms with Gasteiger partial charge in [0, 0.05) is 17.3 Å². The Morgan fingerprint density at radius 1 is 1.00 bits per heavy atom. The van der Waals surface area contributed by atoms with E-state index >= 15 is 0 Å². The number of hydrogen-bond acceptors (Lipinski definition) is 3. The maximum absolute atomic E-state index is 12.9.